The molecular weight excluding hydrogens is 296 g/mol. The number of furan rings is 1. The maximum Gasteiger partial charge on any atom is 0.216 e. The third-order valence-corrected chi connectivity index (χ3v) is 2.91. The Labute approximate surface area is 131 Å². The van der Waals surface area contributed by atoms with E-state index in [4.69, 9.17) is 14.4 Å². The number of aromatic nitrogens is 4. The molecule has 0 bridgehead atoms. The van der Waals surface area contributed by atoms with Crippen LogP contribution in [0.25, 0.3) is 5.57 Å². The second-order valence-electron chi connectivity index (χ2n) is 4.44. The van der Waals surface area contributed by atoms with Gasteiger partial charge in [0.25, 0.3) is 0 Å². The number of allylic oxidation sites excluding steroid dienone is 1. The topological polar surface area (TPSA) is 113 Å². The smallest absolute Gasteiger partial charge is 0.216 e. The Kier molecular flexibility index (Phi) is 4.31. The van der Waals surface area contributed by atoms with E-state index >= 15 is 0 Å². The number of anilines is 1. The first-order chi connectivity index (χ1) is 11.3. The molecule has 0 unspecified atom stereocenters. The molecule has 3 aromatic rings. The Balaban J connectivity index is 1.60. The molecule has 2 aromatic heterocycles. The van der Waals surface area contributed by atoms with Crippen molar-refractivity contribution < 1.29 is 9.15 Å². The second kappa shape index (κ2) is 6.91. The molecule has 0 radical (unpaired) electrons. The lowest BCUT2D eigenvalue weighted by Gasteiger charge is -2.06. The number of hydrogen-bond donors (Lipinski definition) is 2. The number of benzene rings is 1. The molecule has 2 heterocycles. The second-order valence-corrected chi connectivity index (χ2v) is 4.44. The summed E-state index contributed by atoms with van der Waals surface area (Å²) in [5.74, 6) is 1.71. The monoisotopic (exact) mass is 308 g/mol. The Morgan fingerprint density at radius 3 is 2.87 bits per heavy atom. The van der Waals surface area contributed by atoms with Crippen molar-refractivity contribution in [2.45, 2.75) is 6.61 Å². The van der Waals surface area contributed by atoms with Gasteiger partial charge < -0.3 is 14.5 Å². The highest BCUT2D eigenvalue weighted by molar-refractivity contribution is 5.74. The van der Waals surface area contributed by atoms with Crippen molar-refractivity contribution in [2.75, 3.05) is 5.32 Å². The predicted molar refractivity (Wildman–Crippen MR) is 80.9 cm³/mol. The van der Waals surface area contributed by atoms with Crippen LogP contribution < -0.4 is 10.1 Å². The van der Waals surface area contributed by atoms with Gasteiger partial charge in [-0.3, -0.25) is 0 Å². The predicted octanol–water partition coefficient (Wildman–Crippen LogP) is 2.35. The van der Waals surface area contributed by atoms with E-state index < -0.39 is 0 Å². The maximum absolute atomic E-state index is 9.07. The van der Waals surface area contributed by atoms with Crippen molar-refractivity contribution in [1.29, 1.82) is 5.26 Å². The molecule has 8 heteroatoms. The molecule has 23 heavy (non-hydrogen) atoms. The van der Waals surface area contributed by atoms with Gasteiger partial charge in [-0.2, -0.15) is 10.5 Å². The van der Waals surface area contributed by atoms with E-state index in [0.717, 1.165) is 17.2 Å². The largest absolute Gasteiger partial charge is 0.486 e. The van der Waals surface area contributed by atoms with E-state index in [2.05, 4.69) is 25.9 Å². The van der Waals surface area contributed by atoms with Crippen LogP contribution in [0.1, 0.15) is 11.6 Å². The number of nitrogens with one attached hydrogen (secondary N) is 2. The summed E-state index contributed by atoms with van der Waals surface area (Å²) in [4.78, 5) is 0. The molecular formula is C15H12N6O2. The summed E-state index contributed by atoms with van der Waals surface area (Å²) in [6.07, 6.45) is 3.12. The van der Waals surface area contributed by atoms with Crippen LogP contribution in [0.5, 0.6) is 5.75 Å². The summed E-state index contributed by atoms with van der Waals surface area (Å²) < 4.78 is 10.8. The molecule has 2 N–H and O–H groups in total. The molecule has 0 aliphatic rings. The quantitative estimate of drug-likeness (QED) is 0.672. The minimum atomic E-state index is 0.235. The zero-order chi connectivity index (χ0) is 15.9. The molecule has 0 fully saturated rings. The van der Waals surface area contributed by atoms with Gasteiger partial charge in [-0.05, 0) is 41.6 Å². The van der Waals surface area contributed by atoms with Crippen LogP contribution in [-0.2, 0) is 6.61 Å². The van der Waals surface area contributed by atoms with E-state index in [0.29, 0.717) is 6.61 Å². The first kappa shape index (κ1) is 14.3. The first-order valence-corrected chi connectivity index (χ1v) is 6.71. The highest BCUT2D eigenvalue weighted by atomic mass is 16.5. The van der Waals surface area contributed by atoms with Crippen LogP contribution in [0.4, 0.5) is 5.69 Å². The zero-order valence-corrected chi connectivity index (χ0v) is 11.9. The summed E-state index contributed by atoms with van der Waals surface area (Å²) >= 11 is 0. The SMILES string of the molecule is N#CC(=CNc1ccc(OCc2ccco2)cc1)c1nn[nH]n1. The van der Waals surface area contributed by atoms with E-state index in [9.17, 15) is 0 Å². The van der Waals surface area contributed by atoms with Gasteiger partial charge in [0.15, 0.2) is 0 Å². The first-order valence-electron chi connectivity index (χ1n) is 6.71. The molecule has 114 valence electrons. The Morgan fingerprint density at radius 1 is 1.35 bits per heavy atom. The lowest BCUT2D eigenvalue weighted by Crippen LogP contribution is -1.95. The lowest BCUT2D eigenvalue weighted by molar-refractivity contribution is 0.270. The van der Waals surface area contributed by atoms with Crippen LogP contribution in [0, 0.1) is 11.3 Å². The number of tetrazole rings is 1. The number of aromatic amines is 1. The van der Waals surface area contributed by atoms with Crippen molar-refractivity contribution in [1.82, 2.24) is 20.6 Å². The molecule has 3 rings (SSSR count). The third-order valence-electron chi connectivity index (χ3n) is 2.91. The van der Waals surface area contributed by atoms with Gasteiger partial charge in [0.1, 0.15) is 29.8 Å². The van der Waals surface area contributed by atoms with E-state index in [1.54, 1.807) is 6.26 Å². The summed E-state index contributed by atoms with van der Waals surface area (Å²) in [6, 6.07) is 13.0. The summed E-state index contributed by atoms with van der Waals surface area (Å²) in [7, 11) is 0. The number of nitriles is 1. The molecule has 0 amide bonds. The van der Waals surface area contributed by atoms with Gasteiger partial charge in [-0.15, -0.1) is 10.2 Å². The van der Waals surface area contributed by atoms with Crippen molar-refractivity contribution in [3.63, 3.8) is 0 Å². The summed E-state index contributed by atoms with van der Waals surface area (Å²) in [5, 5.41) is 25.3. The minimum absolute atomic E-state index is 0.235. The van der Waals surface area contributed by atoms with E-state index in [1.807, 2.05) is 42.5 Å². The highest BCUT2D eigenvalue weighted by Gasteiger charge is 2.05. The molecule has 0 saturated heterocycles. The number of rotatable bonds is 6. The summed E-state index contributed by atoms with van der Waals surface area (Å²) in [5.41, 5.74) is 1.07. The zero-order valence-electron chi connectivity index (χ0n) is 11.9. The van der Waals surface area contributed by atoms with Crippen LogP contribution in [0.3, 0.4) is 0 Å². The van der Waals surface area contributed by atoms with E-state index in [-0.39, 0.29) is 11.4 Å². The normalized spacial score (nSPS) is 11.0. The van der Waals surface area contributed by atoms with Gasteiger partial charge in [0, 0.05) is 11.9 Å². The molecule has 0 atom stereocenters. The van der Waals surface area contributed by atoms with E-state index in [1.165, 1.54) is 6.20 Å². The fourth-order valence-corrected chi connectivity index (χ4v) is 1.77. The van der Waals surface area contributed by atoms with Gasteiger partial charge in [0.05, 0.1) is 6.26 Å². The van der Waals surface area contributed by atoms with Crippen LogP contribution in [0.2, 0.25) is 0 Å². The van der Waals surface area contributed by atoms with Gasteiger partial charge in [-0.25, -0.2) is 0 Å². The van der Waals surface area contributed by atoms with Crippen molar-refractivity contribution in [3.05, 3.63) is 60.4 Å². The molecule has 0 saturated carbocycles. The van der Waals surface area contributed by atoms with Crippen molar-refractivity contribution in [3.8, 4) is 11.8 Å². The molecule has 8 nitrogen and oxygen atoms in total. The summed E-state index contributed by atoms with van der Waals surface area (Å²) in [6.45, 7) is 0.371. The average Bonchev–Trinajstić information content (AvgIpc) is 3.28. The van der Waals surface area contributed by atoms with Gasteiger partial charge in [0.2, 0.25) is 5.82 Å². The molecule has 0 spiro atoms. The standard InChI is InChI=1S/C15H12N6O2/c16-8-11(15-18-20-21-19-15)9-17-12-3-5-13(6-4-12)23-10-14-2-1-7-22-14/h1-7,9,17H,10H2,(H,18,19,20,21). The third kappa shape index (κ3) is 3.74. The number of nitrogens with zero attached hydrogens (tertiary/aromatic N) is 4. The Morgan fingerprint density at radius 2 is 2.22 bits per heavy atom. The van der Waals surface area contributed by atoms with Crippen LogP contribution in [-0.4, -0.2) is 20.6 Å². The molecule has 1 aromatic carbocycles. The van der Waals surface area contributed by atoms with Crippen molar-refractivity contribution >= 4 is 11.3 Å². The highest BCUT2D eigenvalue weighted by Crippen LogP contribution is 2.18. The number of hydrogen-bond acceptors (Lipinski definition) is 7. The lowest BCUT2D eigenvalue weighted by atomic mass is 10.3. The number of ether oxygens (including phenoxy) is 1. The van der Waals surface area contributed by atoms with Crippen molar-refractivity contribution in [2.24, 2.45) is 0 Å². The number of H-pyrrole nitrogens is 1. The maximum atomic E-state index is 9.07. The fraction of sp³-hybridized carbons (Fsp3) is 0.0667. The minimum Gasteiger partial charge on any atom is -0.486 e. The Hall–Kier alpha value is -3.60. The molecule has 0 aliphatic carbocycles. The van der Waals surface area contributed by atoms with Crippen LogP contribution >= 0.6 is 0 Å². The van der Waals surface area contributed by atoms with Gasteiger partial charge in [-0.1, -0.05) is 0 Å². The van der Waals surface area contributed by atoms with Gasteiger partial charge >= 0.3 is 0 Å². The average molecular weight is 308 g/mol. The molecule has 0 aliphatic heterocycles. The fourth-order valence-electron chi connectivity index (χ4n) is 1.77. The Bertz CT molecular complexity index is 801. The van der Waals surface area contributed by atoms with Crippen LogP contribution in [0.15, 0.2) is 53.3 Å².